The van der Waals surface area contributed by atoms with Gasteiger partial charge < -0.3 is 15.7 Å². The van der Waals surface area contributed by atoms with Crippen LogP contribution < -0.4 is 10.6 Å². The molecule has 0 saturated heterocycles. The third kappa shape index (κ3) is 5.27. The highest BCUT2D eigenvalue weighted by Crippen LogP contribution is 2.12. The highest BCUT2D eigenvalue weighted by molar-refractivity contribution is 7.90. The molecule has 0 aromatic heterocycles. The van der Waals surface area contributed by atoms with Crippen molar-refractivity contribution in [2.24, 2.45) is 0 Å². The van der Waals surface area contributed by atoms with Crippen molar-refractivity contribution >= 4 is 27.5 Å². The number of rotatable bonds is 5. The van der Waals surface area contributed by atoms with E-state index in [9.17, 15) is 18.0 Å². The number of aryl methyl sites for hydroxylation is 1. The van der Waals surface area contributed by atoms with E-state index >= 15 is 0 Å². The Morgan fingerprint density at radius 1 is 1.30 bits per heavy atom. The van der Waals surface area contributed by atoms with Crippen LogP contribution in [-0.2, 0) is 14.6 Å². The fourth-order valence-corrected chi connectivity index (χ4v) is 2.34. The van der Waals surface area contributed by atoms with Gasteiger partial charge in [-0.15, -0.1) is 0 Å². The number of para-hydroxylation sites is 1. The Hall–Kier alpha value is -2.09. The summed E-state index contributed by atoms with van der Waals surface area (Å²) in [4.78, 5) is 22.6. The Labute approximate surface area is 116 Å². The van der Waals surface area contributed by atoms with E-state index in [4.69, 9.17) is 5.11 Å². The normalized spacial score (nSPS) is 12.5. The summed E-state index contributed by atoms with van der Waals surface area (Å²) in [6.07, 6.45) is 0.907. The lowest BCUT2D eigenvalue weighted by Crippen LogP contribution is -2.46. The van der Waals surface area contributed by atoms with Gasteiger partial charge in [0.2, 0.25) is 0 Å². The molecule has 0 aliphatic rings. The summed E-state index contributed by atoms with van der Waals surface area (Å²) >= 11 is 0. The molecule has 0 bridgehead atoms. The third-order valence-electron chi connectivity index (χ3n) is 2.47. The molecule has 0 heterocycles. The SMILES string of the molecule is Cc1ccccc1NC(=O)NC(CS(C)(=O)=O)C(=O)O. The van der Waals surface area contributed by atoms with Gasteiger partial charge in [-0.05, 0) is 18.6 Å². The van der Waals surface area contributed by atoms with Gasteiger partial charge in [-0.3, -0.25) is 0 Å². The number of anilines is 1. The first-order chi connectivity index (χ1) is 9.19. The van der Waals surface area contributed by atoms with Crippen LogP contribution in [0.3, 0.4) is 0 Å². The van der Waals surface area contributed by atoms with Gasteiger partial charge in [0.25, 0.3) is 0 Å². The second-order valence-corrected chi connectivity index (χ2v) is 6.58. The fourth-order valence-electron chi connectivity index (χ4n) is 1.51. The number of carboxylic acid groups (broad SMARTS) is 1. The molecule has 1 unspecified atom stereocenters. The maximum absolute atomic E-state index is 11.7. The molecular formula is C12H16N2O5S. The van der Waals surface area contributed by atoms with Crippen molar-refractivity contribution in [1.82, 2.24) is 5.32 Å². The molecule has 0 aliphatic heterocycles. The maximum Gasteiger partial charge on any atom is 0.327 e. The number of carboxylic acids is 1. The highest BCUT2D eigenvalue weighted by atomic mass is 32.2. The largest absolute Gasteiger partial charge is 0.480 e. The van der Waals surface area contributed by atoms with E-state index in [1.807, 2.05) is 0 Å². The number of hydrogen-bond acceptors (Lipinski definition) is 4. The van der Waals surface area contributed by atoms with Gasteiger partial charge in [-0.2, -0.15) is 0 Å². The molecule has 0 spiro atoms. The monoisotopic (exact) mass is 300 g/mol. The fraction of sp³-hybridized carbons (Fsp3) is 0.333. The molecule has 1 rings (SSSR count). The summed E-state index contributed by atoms with van der Waals surface area (Å²) in [5, 5.41) is 13.5. The number of amides is 2. The Balaban J connectivity index is 2.73. The van der Waals surface area contributed by atoms with E-state index in [0.717, 1.165) is 11.8 Å². The van der Waals surface area contributed by atoms with Crippen LogP contribution in [0.1, 0.15) is 5.56 Å². The van der Waals surface area contributed by atoms with Crippen molar-refractivity contribution in [2.45, 2.75) is 13.0 Å². The van der Waals surface area contributed by atoms with Gasteiger partial charge in [0.05, 0.1) is 5.75 Å². The maximum atomic E-state index is 11.7. The second-order valence-electron chi connectivity index (χ2n) is 4.40. The second kappa shape index (κ2) is 6.38. The van der Waals surface area contributed by atoms with Gasteiger partial charge in [0, 0.05) is 11.9 Å². The Morgan fingerprint density at radius 2 is 1.90 bits per heavy atom. The van der Waals surface area contributed by atoms with Gasteiger partial charge in [0.1, 0.15) is 15.9 Å². The Bertz CT molecular complexity index is 612. The molecule has 3 N–H and O–H groups in total. The molecule has 0 aliphatic carbocycles. The van der Waals surface area contributed by atoms with Crippen LogP contribution in [0.2, 0.25) is 0 Å². The van der Waals surface area contributed by atoms with E-state index in [2.05, 4.69) is 10.6 Å². The van der Waals surface area contributed by atoms with E-state index in [1.54, 1.807) is 31.2 Å². The number of sulfone groups is 1. The van der Waals surface area contributed by atoms with Crippen LogP contribution in [0.5, 0.6) is 0 Å². The van der Waals surface area contributed by atoms with Crippen LogP contribution in [0.4, 0.5) is 10.5 Å². The first-order valence-electron chi connectivity index (χ1n) is 5.73. The minimum Gasteiger partial charge on any atom is -0.480 e. The van der Waals surface area contributed by atoms with Crippen LogP contribution in [0.15, 0.2) is 24.3 Å². The lowest BCUT2D eigenvalue weighted by molar-refractivity contribution is -0.138. The average Bonchev–Trinajstić information content (AvgIpc) is 2.29. The lowest BCUT2D eigenvalue weighted by Gasteiger charge is -2.15. The Kier molecular flexibility index (Phi) is 5.09. The molecule has 8 heteroatoms. The molecule has 0 radical (unpaired) electrons. The van der Waals surface area contributed by atoms with E-state index in [-0.39, 0.29) is 0 Å². The first kappa shape index (κ1) is 16.0. The predicted molar refractivity (Wildman–Crippen MR) is 74.5 cm³/mol. The zero-order valence-electron chi connectivity index (χ0n) is 11.1. The van der Waals surface area contributed by atoms with Crippen molar-refractivity contribution in [1.29, 1.82) is 0 Å². The standard InChI is InChI=1S/C12H16N2O5S/c1-8-5-3-4-6-9(8)13-12(17)14-10(11(15)16)7-20(2,18)19/h3-6,10H,7H2,1-2H3,(H,15,16)(H2,13,14,17). The summed E-state index contributed by atoms with van der Waals surface area (Å²) in [7, 11) is -3.52. The number of nitrogens with one attached hydrogen (secondary N) is 2. The molecule has 1 aromatic rings. The van der Waals surface area contributed by atoms with E-state index < -0.39 is 33.6 Å². The van der Waals surface area contributed by atoms with Gasteiger partial charge in [-0.1, -0.05) is 18.2 Å². The van der Waals surface area contributed by atoms with Crippen molar-refractivity contribution in [3.05, 3.63) is 29.8 Å². The lowest BCUT2D eigenvalue weighted by atomic mass is 10.2. The van der Waals surface area contributed by atoms with Crippen molar-refractivity contribution < 1.29 is 23.1 Å². The zero-order chi connectivity index (χ0) is 15.3. The van der Waals surface area contributed by atoms with Gasteiger partial charge in [0.15, 0.2) is 0 Å². The first-order valence-corrected chi connectivity index (χ1v) is 7.79. The zero-order valence-corrected chi connectivity index (χ0v) is 11.9. The molecule has 2 amide bonds. The summed E-state index contributed by atoms with van der Waals surface area (Å²) < 4.78 is 22.2. The number of carbonyl (C=O) groups excluding carboxylic acids is 1. The third-order valence-corrected chi connectivity index (χ3v) is 3.40. The minimum absolute atomic E-state index is 0.522. The molecule has 20 heavy (non-hydrogen) atoms. The topological polar surface area (TPSA) is 113 Å². The van der Waals surface area contributed by atoms with Gasteiger partial charge >= 0.3 is 12.0 Å². The smallest absolute Gasteiger partial charge is 0.327 e. The number of hydrogen-bond donors (Lipinski definition) is 3. The molecule has 1 aromatic carbocycles. The molecule has 7 nitrogen and oxygen atoms in total. The van der Waals surface area contributed by atoms with Crippen molar-refractivity contribution in [3.63, 3.8) is 0 Å². The molecule has 1 atom stereocenters. The Morgan fingerprint density at radius 3 is 2.40 bits per heavy atom. The predicted octanol–water partition coefficient (Wildman–Crippen LogP) is 0.614. The summed E-state index contributed by atoms with van der Waals surface area (Å²) in [5.41, 5.74) is 1.33. The molecule has 0 saturated carbocycles. The van der Waals surface area contributed by atoms with Crippen LogP contribution >= 0.6 is 0 Å². The minimum atomic E-state index is -3.52. The van der Waals surface area contributed by atoms with Gasteiger partial charge in [-0.25, -0.2) is 18.0 Å². The van der Waals surface area contributed by atoms with E-state index in [0.29, 0.717) is 5.69 Å². The van der Waals surface area contributed by atoms with Crippen molar-refractivity contribution in [2.75, 3.05) is 17.3 Å². The summed E-state index contributed by atoms with van der Waals surface area (Å²) in [6, 6.07) is 4.68. The summed E-state index contributed by atoms with van der Waals surface area (Å²) in [6.45, 7) is 1.78. The highest BCUT2D eigenvalue weighted by Gasteiger charge is 2.24. The average molecular weight is 300 g/mol. The molecular weight excluding hydrogens is 284 g/mol. The number of aliphatic carboxylic acids is 1. The van der Waals surface area contributed by atoms with Crippen LogP contribution in [0.25, 0.3) is 0 Å². The quantitative estimate of drug-likeness (QED) is 0.737. The molecule has 0 fully saturated rings. The number of benzene rings is 1. The molecule has 110 valence electrons. The van der Waals surface area contributed by atoms with E-state index in [1.165, 1.54) is 0 Å². The van der Waals surface area contributed by atoms with Crippen LogP contribution in [0, 0.1) is 6.92 Å². The number of carbonyl (C=O) groups is 2. The van der Waals surface area contributed by atoms with Crippen molar-refractivity contribution in [3.8, 4) is 0 Å². The number of urea groups is 1. The summed E-state index contributed by atoms with van der Waals surface area (Å²) in [5.74, 6) is -2.07. The van der Waals surface area contributed by atoms with Crippen LogP contribution in [-0.4, -0.2) is 43.6 Å².